The average molecular weight is 882 g/mol. The normalized spacial score (nSPS) is 43.7. The number of hydrogen-bond acceptors (Lipinski definition) is 12. The van der Waals surface area contributed by atoms with Gasteiger partial charge in [-0.05, 0) is 168 Å². The number of dihydropyridines is 1. The van der Waals surface area contributed by atoms with Crippen LogP contribution in [0, 0.1) is 52.3 Å². The Hall–Kier alpha value is -1.87. The summed E-state index contributed by atoms with van der Waals surface area (Å²) in [5.74, 6) is -0.495. The molecule has 8 aliphatic rings. The van der Waals surface area contributed by atoms with Crippen LogP contribution in [0.4, 0.5) is 0 Å². The molecule has 0 aromatic carbocycles. The minimum atomic E-state index is -1.61. The number of ketones is 1. The van der Waals surface area contributed by atoms with E-state index in [-0.39, 0.29) is 61.8 Å². The van der Waals surface area contributed by atoms with Gasteiger partial charge in [0, 0.05) is 30.2 Å². The van der Waals surface area contributed by atoms with Crippen molar-refractivity contribution in [2.24, 2.45) is 58.0 Å². The minimum absolute atomic E-state index is 0.0416. The Labute approximate surface area is 376 Å². The molecule has 8 rings (SSSR count). The number of hydrogen-bond donors (Lipinski definition) is 10. The second kappa shape index (κ2) is 18.7. The van der Waals surface area contributed by atoms with Crippen molar-refractivity contribution in [3.8, 4) is 0 Å². The van der Waals surface area contributed by atoms with Gasteiger partial charge in [0.1, 0.15) is 6.10 Å². The standard InChI is InChI=1S/C51H83N3O9/c1-5-9-31-13-16-34-30(3)46(63-40(34)17-14-31)47(60)48(4,61)41-21-24-51(62)43-35(20-23-50(41,51)33-10-6-7-11-33)49(22-19-32-15-18-42(52)54-37(32)12-8-25-55)27-39(58)38(57)26-36(49)45(59)44(43)53-28-29(2)56/h15,18,29-31,33-36,38-42,46-47,53-58,60-62H,5-14,16-17,19-28,52H2,1-4H3/t29-,30-,31+,34-,35-,36-,38+,39-,40+,41+,42?,46+,47+,48+,49+,50-,51+/m0/s1. The smallest absolute Gasteiger partial charge is 0.182 e. The topological polar surface area (TPSA) is 218 Å². The van der Waals surface area contributed by atoms with Gasteiger partial charge in [-0.25, -0.2) is 0 Å². The van der Waals surface area contributed by atoms with Crippen molar-refractivity contribution in [1.82, 2.24) is 10.6 Å². The summed E-state index contributed by atoms with van der Waals surface area (Å²) in [4.78, 5) is 15.4. The number of rotatable bonds is 15. The van der Waals surface area contributed by atoms with E-state index in [0.717, 1.165) is 56.2 Å². The largest absolute Gasteiger partial charge is 0.396 e. The number of Topliss-reactive ketones (excluding diaryl/α,β-unsaturated/α-hetero) is 1. The van der Waals surface area contributed by atoms with E-state index in [9.17, 15) is 35.7 Å². The number of fused-ring (bicyclic) bond motifs is 6. The van der Waals surface area contributed by atoms with Gasteiger partial charge in [0.2, 0.25) is 0 Å². The number of nitrogens with one attached hydrogen (secondary N) is 2. The van der Waals surface area contributed by atoms with Gasteiger partial charge in [0.25, 0.3) is 0 Å². The molecule has 12 nitrogen and oxygen atoms in total. The Balaban J connectivity index is 1.19. The maximum Gasteiger partial charge on any atom is 0.182 e. The lowest BCUT2D eigenvalue weighted by Crippen LogP contribution is -2.67. The summed E-state index contributed by atoms with van der Waals surface area (Å²) in [5.41, 5.74) is 4.47. The van der Waals surface area contributed by atoms with Crippen molar-refractivity contribution >= 4 is 5.78 Å². The number of ether oxygens (including phenoxy) is 1. The number of carbonyl (C=O) groups excluding carboxylic acids is 1. The third kappa shape index (κ3) is 8.13. The molecular weight excluding hydrogens is 799 g/mol. The van der Waals surface area contributed by atoms with Crippen LogP contribution in [-0.4, -0.2) is 109 Å². The van der Waals surface area contributed by atoms with Gasteiger partial charge in [0.15, 0.2) is 5.78 Å². The molecule has 1 saturated heterocycles. The molecule has 0 aromatic rings. The molecule has 0 bridgehead atoms. The lowest BCUT2D eigenvalue weighted by atomic mass is 9.41. The number of aliphatic hydroxyl groups is 7. The average Bonchev–Trinajstić information content (AvgIpc) is 3.94. The Morgan fingerprint density at radius 1 is 1.02 bits per heavy atom. The minimum Gasteiger partial charge on any atom is -0.396 e. The van der Waals surface area contributed by atoms with Crippen LogP contribution in [0.3, 0.4) is 0 Å². The lowest BCUT2D eigenvalue weighted by molar-refractivity contribution is -0.217. The highest BCUT2D eigenvalue weighted by Gasteiger charge is 2.74. The van der Waals surface area contributed by atoms with Crippen LogP contribution in [-0.2, 0) is 9.53 Å². The van der Waals surface area contributed by atoms with E-state index in [1.807, 2.05) is 12.2 Å². The SMILES string of the molecule is CCC[C@@H]1CC[C@H]2[C@H](C)[C@H]([C@@H](O)[C@](C)(O)[C@H]3CC[C@@]4(O)C5=C(NC[C@H](C)O)C(=O)[C@@H]6C[C@@H](O)[C@@H](O)C[C@]6(CCC6=C(CCCO)NC(N)C=C6)[C@H]5CC[C@]34C3CCCC3)O[C@@H]2CC1. The first kappa shape index (κ1) is 47.6. The van der Waals surface area contributed by atoms with Crippen LogP contribution in [0.5, 0.6) is 0 Å². The number of allylic oxidation sites excluding steroid dienone is 4. The van der Waals surface area contributed by atoms with E-state index >= 15 is 4.79 Å². The maximum atomic E-state index is 15.4. The highest BCUT2D eigenvalue weighted by molar-refractivity contribution is 6.00. The van der Waals surface area contributed by atoms with E-state index in [2.05, 4.69) is 24.5 Å². The number of nitrogens with two attached hydrogens (primary N) is 1. The van der Waals surface area contributed by atoms with Gasteiger partial charge < -0.3 is 56.8 Å². The molecule has 2 heterocycles. The van der Waals surface area contributed by atoms with Crippen LogP contribution in [0.1, 0.15) is 156 Å². The third-order valence-corrected chi connectivity index (χ3v) is 19.0. The fraction of sp³-hybridized carbons (Fsp3) is 0.863. The molecule has 2 aliphatic heterocycles. The van der Waals surface area contributed by atoms with Crippen LogP contribution in [0.2, 0.25) is 0 Å². The number of aliphatic hydroxyl groups excluding tert-OH is 5. The summed E-state index contributed by atoms with van der Waals surface area (Å²) >= 11 is 0. The molecule has 5 saturated carbocycles. The fourth-order valence-corrected chi connectivity index (χ4v) is 16.1. The lowest BCUT2D eigenvalue weighted by Gasteiger charge is -2.64. The molecule has 17 atom stereocenters. The van der Waals surface area contributed by atoms with Crippen LogP contribution < -0.4 is 16.4 Å². The van der Waals surface area contributed by atoms with Crippen LogP contribution in [0.25, 0.3) is 0 Å². The van der Waals surface area contributed by atoms with Crippen molar-refractivity contribution in [3.05, 3.63) is 34.7 Å². The quantitative estimate of drug-likeness (QED) is 0.105. The van der Waals surface area contributed by atoms with Gasteiger partial charge in [0.05, 0.1) is 53.6 Å². The van der Waals surface area contributed by atoms with Crippen molar-refractivity contribution < 1.29 is 45.3 Å². The summed E-state index contributed by atoms with van der Waals surface area (Å²) in [6, 6.07) is 0. The summed E-state index contributed by atoms with van der Waals surface area (Å²) in [7, 11) is 0. The monoisotopic (exact) mass is 882 g/mol. The van der Waals surface area contributed by atoms with Gasteiger partial charge >= 0.3 is 0 Å². The van der Waals surface area contributed by atoms with Crippen molar-refractivity contribution in [1.29, 1.82) is 0 Å². The molecule has 6 fully saturated rings. The van der Waals surface area contributed by atoms with Crippen LogP contribution >= 0.6 is 0 Å². The molecule has 12 heteroatoms. The van der Waals surface area contributed by atoms with Gasteiger partial charge in [-0.1, -0.05) is 52.0 Å². The first-order chi connectivity index (χ1) is 30.0. The van der Waals surface area contributed by atoms with E-state index in [1.165, 1.54) is 19.3 Å². The van der Waals surface area contributed by atoms with Crippen molar-refractivity contribution in [3.63, 3.8) is 0 Å². The molecular formula is C51H83N3O9. The third-order valence-electron chi connectivity index (χ3n) is 19.0. The highest BCUT2D eigenvalue weighted by atomic mass is 16.5. The van der Waals surface area contributed by atoms with Gasteiger partial charge in [-0.15, -0.1) is 0 Å². The zero-order valence-electron chi connectivity index (χ0n) is 38.8. The first-order valence-corrected chi connectivity index (χ1v) is 25.4. The second-order valence-electron chi connectivity index (χ2n) is 22.3. The number of carbonyl (C=O) groups is 1. The molecule has 63 heavy (non-hydrogen) atoms. The van der Waals surface area contributed by atoms with Gasteiger partial charge in [-0.2, -0.15) is 0 Å². The molecule has 0 radical (unpaired) electrons. The summed E-state index contributed by atoms with van der Waals surface area (Å²) < 4.78 is 6.85. The highest BCUT2D eigenvalue weighted by Crippen LogP contribution is 2.74. The van der Waals surface area contributed by atoms with E-state index < -0.39 is 64.4 Å². The second-order valence-corrected chi connectivity index (χ2v) is 22.3. The van der Waals surface area contributed by atoms with Crippen LogP contribution in [0.15, 0.2) is 34.7 Å². The predicted molar refractivity (Wildman–Crippen MR) is 241 cm³/mol. The first-order valence-electron chi connectivity index (χ1n) is 25.4. The predicted octanol–water partition coefficient (Wildman–Crippen LogP) is 5.01. The summed E-state index contributed by atoms with van der Waals surface area (Å²) in [5, 5.41) is 90.0. The van der Waals surface area contributed by atoms with E-state index in [0.29, 0.717) is 74.5 Å². The summed E-state index contributed by atoms with van der Waals surface area (Å²) in [6.07, 6.45) is 14.1. The van der Waals surface area contributed by atoms with Gasteiger partial charge in [-0.3, -0.25) is 4.79 Å². The van der Waals surface area contributed by atoms with Crippen molar-refractivity contribution in [2.45, 2.75) is 210 Å². The van der Waals surface area contributed by atoms with Crippen molar-refractivity contribution in [2.75, 3.05) is 13.2 Å². The molecule has 1 unspecified atom stereocenters. The van der Waals surface area contributed by atoms with E-state index in [4.69, 9.17) is 10.5 Å². The Morgan fingerprint density at radius 2 is 1.76 bits per heavy atom. The molecule has 11 N–H and O–H groups in total. The Kier molecular flexibility index (Phi) is 14.1. The molecule has 0 spiro atoms. The molecule has 356 valence electrons. The maximum absolute atomic E-state index is 15.4. The molecule has 0 amide bonds. The molecule has 0 aromatic heterocycles. The zero-order chi connectivity index (χ0) is 45.1. The molecule has 6 aliphatic carbocycles. The Bertz CT molecular complexity index is 1740. The fourth-order valence-electron chi connectivity index (χ4n) is 16.1. The zero-order valence-corrected chi connectivity index (χ0v) is 38.8. The summed E-state index contributed by atoms with van der Waals surface area (Å²) in [6.45, 7) is 8.06. The Morgan fingerprint density at radius 3 is 2.48 bits per heavy atom. The van der Waals surface area contributed by atoms with E-state index in [1.54, 1.807) is 13.8 Å².